The van der Waals surface area contributed by atoms with Crippen molar-refractivity contribution in [1.29, 1.82) is 0 Å². The standard InChI is InChI=1S/C10H17N3O2/c1-13-6-2-10(3-7-13,9(14)15)8-11-4-5-12-8/h2-7H2,1H3,(H,11,12)(H,14,15). The van der Waals surface area contributed by atoms with E-state index in [9.17, 15) is 9.90 Å². The van der Waals surface area contributed by atoms with Crippen molar-refractivity contribution in [3.63, 3.8) is 0 Å². The summed E-state index contributed by atoms with van der Waals surface area (Å²) in [6, 6.07) is 0. The first-order valence-corrected chi connectivity index (χ1v) is 5.36. The highest BCUT2D eigenvalue weighted by atomic mass is 16.4. The molecule has 15 heavy (non-hydrogen) atoms. The summed E-state index contributed by atoms with van der Waals surface area (Å²) >= 11 is 0. The maximum Gasteiger partial charge on any atom is 0.317 e. The Hall–Kier alpha value is -1.10. The van der Waals surface area contributed by atoms with Crippen molar-refractivity contribution in [3.8, 4) is 0 Å². The second-order valence-electron chi connectivity index (χ2n) is 4.35. The third-order valence-electron chi connectivity index (χ3n) is 3.38. The summed E-state index contributed by atoms with van der Waals surface area (Å²) in [5.74, 6) is -0.0353. The van der Waals surface area contributed by atoms with Crippen LogP contribution in [0.4, 0.5) is 0 Å². The summed E-state index contributed by atoms with van der Waals surface area (Å²) < 4.78 is 0. The molecule has 1 saturated heterocycles. The average molecular weight is 211 g/mol. The van der Waals surface area contributed by atoms with Crippen LogP contribution in [-0.4, -0.2) is 55.0 Å². The number of carboxylic acids is 1. The normalized spacial score (nSPS) is 25.8. The highest BCUT2D eigenvalue weighted by Crippen LogP contribution is 2.33. The lowest BCUT2D eigenvalue weighted by atomic mass is 9.77. The van der Waals surface area contributed by atoms with E-state index in [2.05, 4.69) is 15.2 Å². The minimum absolute atomic E-state index is 0.657. The molecule has 0 aromatic carbocycles. The number of aliphatic carboxylic acids is 1. The van der Waals surface area contributed by atoms with Gasteiger partial charge in [0.2, 0.25) is 0 Å². The van der Waals surface area contributed by atoms with Crippen LogP contribution in [0, 0.1) is 5.41 Å². The Kier molecular flexibility index (Phi) is 2.65. The molecule has 2 rings (SSSR count). The molecule has 5 nitrogen and oxygen atoms in total. The van der Waals surface area contributed by atoms with Crippen molar-refractivity contribution in [2.75, 3.05) is 33.2 Å². The quantitative estimate of drug-likeness (QED) is 0.663. The van der Waals surface area contributed by atoms with E-state index in [4.69, 9.17) is 0 Å². The van der Waals surface area contributed by atoms with Gasteiger partial charge in [0.05, 0.1) is 6.54 Å². The van der Waals surface area contributed by atoms with Crippen LogP contribution >= 0.6 is 0 Å². The first-order chi connectivity index (χ1) is 7.15. The molecule has 0 saturated carbocycles. The van der Waals surface area contributed by atoms with Crippen LogP contribution in [-0.2, 0) is 4.79 Å². The van der Waals surface area contributed by atoms with Crippen LogP contribution in [0.1, 0.15) is 12.8 Å². The molecule has 0 aromatic rings. The van der Waals surface area contributed by atoms with Crippen LogP contribution in [0.25, 0.3) is 0 Å². The van der Waals surface area contributed by atoms with Crippen molar-refractivity contribution >= 4 is 11.8 Å². The van der Waals surface area contributed by atoms with Gasteiger partial charge in [-0.25, -0.2) is 0 Å². The SMILES string of the molecule is CN1CCC(C(=O)O)(C2=NCCN2)CC1. The highest BCUT2D eigenvalue weighted by molar-refractivity contribution is 6.05. The molecule has 2 N–H and O–H groups in total. The summed E-state index contributed by atoms with van der Waals surface area (Å²) in [5.41, 5.74) is -0.747. The van der Waals surface area contributed by atoms with Gasteiger partial charge in [-0.15, -0.1) is 0 Å². The molecule has 2 heterocycles. The largest absolute Gasteiger partial charge is 0.480 e. The topological polar surface area (TPSA) is 64.9 Å². The number of carboxylic acid groups (broad SMARTS) is 1. The number of carbonyl (C=O) groups is 1. The Morgan fingerprint density at radius 3 is 2.67 bits per heavy atom. The fourth-order valence-corrected chi connectivity index (χ4v) is 2.27. The van der Waals surface area contributed by atoms with Crippen molar-refractivity contribution in [1.82, 2.24) is 10.2 Å². The van der Waals surface area contributed by atoms with Gasteiger partial charge in [0.1, 0.15) is 11.3 Å². The van der Waals surface area contributed by atoms with E-state index in [1.807, 2.05) is 7.05 Å². The van der Waals surface area contributed by atoms with Gasteiger partial charge in [0.25, 0.3) is 0 Å². The van der Waals surface area contributed by atoms with Gasteiger partial charge in [-0.1, -0.05) is 0 Å². The molecule has 0 radical (unpaired) electrons. The lowest BCUT2D eigenvalue weighted by Gasteiger charge is -2.37. The van der Waals surface area contributed by atoms with Crippen LogP contribution in [0.5, 0.6) is 0 Å². The van der Waals surface area contributed by atoms with E-state index < -0.39 is 11.4 Å². The van der Waals surface area contributed by atoms with Crippen molar-refractivity contribution < 1.29 is 9.90 Å². The second kappa shape index (κ2) is 3.81. The molecule has 0 spiro atoms. The van der Waals surface area contributed by atoms with Crippen molar-refractivity contribution in [2.24, 2.45) is 10.4 Å². The Morgan fingerprint density at radius 1 is 1.53 bits per heavy atom. The number of likely N-dealkylation sites (tertiary alicyclic amines) is 1. The summed E-state index contributed by atoms with van der Waals surface area (Å²) in [4.78, 5) is 17.9. The lowest BCUT2D eigenvalue weighted by Crippen LogP contribution is -2.51. The highest BCUT2D eigenvalue weighted by Gasteiger charge is 2.46. The number of hydrogen-bond acceptors (Lipinski definition) is 4. The molecule has 0 atom stereocenters. The third kappa shape index (κ3) is 1.71. The molecule has 0 bridgehead atoms. The molecular formula is C10H17N3O2. The van der Waals surface area contributed by atoms with Gasteiger partial charge in [0.15, 0.2) is 0 Å². The molecule has 0 unspecified atom stereocenters. The molecule has 2 aliphatic heterocycles. The van der Waals surface area contributed by atoms with E-state index in [1.165, 1.54) is 0 Å². The van der Waals surface area contributed by atoms with E-state index >= 15 is 0 Å². The monoisotopic (exact) mass is 211 g/mol. The number of rotatable bonds is 2. The van der Waals surface area contributed by atoms with Gasteiger partial charge < -0.3 is 15.3 Å². The zero-order valence-electron chi connectivity index (χ0n) is 8.99. The van der Waals surface area contributed by atoms with Gasteiger partial charge in [-0.2, -0.15) is 0 Å². The maximum absolute atomic E-state index is 11.4. The predicted molar refractivity (Wildman–Crippen MR) is 57.1 cm³/mol. The summed E-state index contributed by atoms with van der Waals surface area (Å²) in [6.07, 6.45) is 1.31. The zero-order chi connectivity index (χ0) is 10.9. The Morgan fingerprint density at radius 2 is 2.20 bits per heavy atom. The molecule has 2 aliphatic rings. The number of aliphatic imine (C=N–C) groups is 1. The Labute approximate surface area is 89.2 Å². The van der Waals surface area contributed by atoms with Gasteiger partial charge in [-0.3, -0.25) is 9.79 Å². The number of piperidine rings is 1. The van der Waals surface area contributed by atoms with Crippen LogP contribution in [0.2, 0.25) is 0 Å². The van der Waals surface area contributed by atoms with Crippen LogP contribution < -0.4 is 5.32 Å². The fraction of sp³-hybridized carbons (Fsp3) is 0.800. The molecular weight excluding hydrogens is 194 g/mol. The lowest BCUT2D eigenvalue weighted by molar-refractivity contribution is -0.146. The summed E-state index contributed by atoms with van der Waals surface area (Å²) in [5, 5.41) is 12.5. The fourth-order valence-electron chi connectivity index (χ4n) is 2.27. The minimum atomic E-state index is -0.747. The van der Waals surface area contributed by atoms with Gasteiger partial charge in [0, 0.05) is 6.54 Å². The first kappa shape index (κ1) is 10.4. The number of hydrogen-bond donors (Lipinski definition) is 2. The second-order valence-corrected chi connectivity index (χ2v) is 4.35. The number of nitrogens with zero attached hydrogens (tertiary/aromatic N) is 2. The molecule has 5 heteroatoms. The van der Waals surface area contributed by atoms with E-state index in [0.717, 1.165) is 19.6 Å². The van der Waals surface area contributed by atoms with E-state index in [-0.39, 0.29) is 0 Å². The van der Waals surface area contributed by atoms with Gasteiger partial charge in [-0.05, 0) is 33.0 Å². The molecule has 0 aliphatic carbocycles. The third-order valence-corrected chi connectivity index (χ3v) is 3.38. The Balaban J connectivity index is 2.21. The van der Waals surface area contributed by atoms with Crippen LogP contribution in [0.3, 0.4) is 0 Å². The van der Waals surface area contributed by atoms with Crippen molar-refractivity contribution in [2.45, 2.75) is 12.8 Å². The van der Waals surface area contributed by atoms with Gasteiger partial charge >= 0.3 is 5.97 Å². The molecule has 0 aromatic heterocycles. The first-order valence-electron chi connectivity index (χ1n) is 5.36. The molecule has 0 amide bonds. The maximum atomic E-state index is 11.4. The minimum Gasteiger partial charge on any atom is -0.480 e. The predicted octanol–water partition coefficient (Wildman–Crippen LogP) is -0.215. The van der Waals surface area contributed by atoms with E-state index in [1.54, 1.807) is 0 Å². The van der Waals surface area contributed by atoms with Crippen molar-refractivity contribution in [3.05, 3.63) is 0 Å². The average Bonchev–Trinajstić information content (AvgIpc) is 2.72. The van der Waals surface area contributed by atoms with Crippen LogP contribution in [0.15, 0.2) is 4.99 Å². The molecule has 1 fully saturated rings. The summed E-state index contributed by atoms with van der Waals surface area (Å²) in [6.45, 7) is 3.14. The smallest absolute Gasteiger partial charge is 0.317 e. The number of amidine groups is 1. The molecule has 84 valence electrons. The van der Waals surface area contributed by atoms with E-state index in [0.29, 0.717) is 25.2 Å². The number of nitrogens with one attached hydrogen (secondary N) is 1. The zero-order valence-corrected chi connectivity index (χ0v) is 8.99. The Bertz CT molecular complexity index is 293. The summed E-state index contributed by atoms with van der Waals surface area (Å²) in [7, 11) is 2.02.